The van der Waals surface area contributed by atoms with Crippen LogP contribution in [0.5, 0.6) is 11.5 Å². The number of fused-ring (bicyclic) bond motifs is 2. The lowest BCUT2D eigenvalue weighted by atomic mass is 10.2. The number of hydrogen-bond donors (Lipinski definition) is 1. The van der Waals surface area contributed by atoms with Crippen LogP contribution in [0, 0.1) is 6.92 Å². The molecule has 9 heteroatoms. The van der Waals surface area contributed by atoms with E-state index >= 15 is 0 Å². The van der Waals surface area contributed by atoms with Crippen molar-refractivity contribution in [3.8, 4) is 11.5 Å². The van der Waals surface area contributed by atoms with Crippen molar-refractivity contribution in [3.05, 3.63) is 51.3 Å². The van der Waals surface area contributed by atoms with Crippen LogP contribution in [-0.4, -0.2) is 47.7 Å². The van der Waals surface area contributed by atoms with Crippen LogP contribution in [0.4, 0.5) is 0 Å². The van der Waals surface area contributed by atoms with Gasteiger partial charge >= 0.3 is 5.97 Å². The summed E-state index contributed by atoms with van der Waals surface area (Å²) in [6.45, 7) is 5.61. The molecule has 0 atom stereocenters. The van der Waals surface area contributed by atoms with E-state index in [4.69, 9.17) is 18.6 Å². The average molecular weight is 413 g/mol. The zero-order valence-corrected chi connectivity index (χ0v) is 17.1. The number of nitrogens with one attached hydrogen (secondary N) is 1. The van der Waals surface area contributed by atoms with Gasteiger partial charge in [0, 0.05) is 6.54 Å². The number of esters is 1. The molecular weight excluding hydrogens is 390 g/mol. The van der Waals surface area contributed by atoms with Crippen LogP contribution in [0.1, 0.15) is 34.4 Å². The van der Waals surface area contributed by atoms with Crippen LogP contribution < -0.4 is 15.0 Å². The number of aromatic amines is 1. The van der Waals surface area contributed by atoms with E-state index in [9.17, 15) is 9.59 Å². The lowest BCUT2D eigenvalue weighted by Gasteiger charge is -2.20. The predicted molar refractivity (Wildman–Crippen MR) is 108 cm³/mol. The van der Waals surface area contributed by atoms with Gasteiger partial charge in [-0.05, 0) is 38.6 Å². The van der Waals surface area contributed by atoms with Crippen LogP contribution in [0.3, 0.4) is 0 Å². The Hall–Kier alpha value is -3.33. The molecule has 0 amide bonds. The second kappa shape index (κ2) is 8.19. The third kappa shape index (κ3) is 3.88. The van der Waals surface area contributed by atoms with Gasteiger partial charge in [0.25, 0.3) is 5.56 Å². The van der Waals surface area contributed by atoms with Crippen LogP contribution in [0.25, 0.3) is 11.1 Å². The fourth-order valence-electron chi connectivity index (χ4n) is 3.50. The monoisotopic (exact) mass is 413 g/mol. The largest absolute Gasteiger partial charge is 0.486 e. The molecule has 3 aromatic rings. The first-order valence-electron chi connectivity index (χ1n) is 9.72. The highest BCUT2D eigenvalue weighted by Gasteiger charge is 2.24. The molecule has 0 fully saturated rings. The first-order chi connectivity index (χ1) is 14.5. The Bertz CT molecular complexity index is 1150. The predicted octanol–water partition coefficient (Wildman–Crippen LogP) is 2.40. The van der Waals surface area contributed by atoms with Crippen molar-refractivity contribution in [1.82, 2.24) is 14.9 Å². The summed E-state index contributed by atoms with van der Waals surface area (Å²) in [6, 6.07) is 5.82. The first-order valence-corrected chi connectivity index (χ1v) is 9.72. The first kappa shape index (κ1) is 20.0. The molecule has 0 radical (unpaired) electrons. The summed E-state index contributed by atoms with van der Waals surface area (Å²) < 4.78 is 21.8. The fraction of sp³-hybridized carbons (Fsp3) is 0.381. The van der Waals surface area contributed by atoms with E-state index in [-0.39, 0.29) is 23.3 Å². The number of aryl methyl sites for hydroxylation is 1. The van der Waals surface area contributed by atoms with E-state index in [0.29, 0.717) is 37.9 Å². The number of hydrogen-bond acceptors (Lipinski definition) is 8. The van der Waals surface area contributed by atoms with Gasteiger partial charge in [-0.25, -0.2) is 4.79 Å². The molecule has 1 N–H and O–H groups in total. The van der Waals surface area contributed by atoms with Gasteiger partial charge in [0.05, 0.1) is 13.2 Å². The summed E-state index contributed by atoms with van der Waals surface area (Å²) in [5, 5.41) is 0.115. The maximum absolute atomic E-state index is 12.6. The third-order valence-electron chi connectivity index (χ3n) is 4.75. The van der Waals surface area contributed by atoms with E-state index in [1.807, 2.05) is 30.1 Å². The number of H-pyrrole nitrogens is 1. The summed E-state index contributed by atoms with van der Waals surface area (Å²) in [6.07, 6.45) is 0. The Morgan fingerprint density at radius 2 is 2.00 bits per heavy atom. The van der Waals surface area contributed by atoms with E-state index in [2.05, 4.69) is 9.97 Å². The Labute approximate surface area is 172 Å². The number of benzene rings is 1. The van der Waals surface area contributed by atoms with Crippen molar-refractivity contribution in [1.29, 1.82) is 0 Å². The summed E-state index contributed by atoms with van der Waals surface area (Å²) in [5.41, 5.74) is 0.866. The van der Waals surface area contributed by atoms with Crippen LogP contribution in [0.2, 0.25) is 0 Å². The molecule has 30 heavy (non-hydrogen) atoms. The highest BCUT2D eigenvalue weighted by atomic mass is 16.6. The summed E-state index contributed by atoms with van der Waals surface area (Å²) in [4.78, 5) is 33.9. The Morgan fingerprint density at radius 1 is 1.23 bits per heavy atom. The maximum atomic E-state index is 12.6. The number of ether oxygens (including phenoxy) is 3. The van der Waals surface area contributed by atoms with Gasteiger partial charge in [-0.2, -0.15) is 4.98 Å². The van der Waals surface area contributed by atoms with Gasteiger partial charge in [0.1, 0.15) is 35.7 Å². The van der Waals surface area contributed by atoms with E-state index in [0.717, 1.165) is 17.1 Å². The van der Waals surface area contributed by atoms with Crippen molar-refractivity contribution in [2.75, 3.05) is 26.9 Å². The number of nitrogens with zero attached hydrogens (tertiary/aromatic N) is 2. The molecule has 2 aromatic heterocycles. The second-order valence-electron chi connectivity index (χ2n) is 7.10. The van der Waals surface area contributed by atoms with E-state index < -0.39 is 11.5 Å². The highest BCUT2D eigenvalue weighted by molar-refractivity contribution is 6.03. The molecule has 158 valence electrons. The van der Waals surface area contributed by atoms with Crippen LogP contribution in [-0.2, 0) is 17.8 Å². The number of carbonyl (C=O) groups excluding carboxylic acids is 1. The fourth-order valence-corrected chi connectivity index (χ4v) is 3.50. The minimum absolute atomic E-state index is 0.115. The standard InChI is InChI=1S/C21H23N3O6/c1-4-27-21(26)17-12(2)30-20-18(17)19(25)22-16(23-20)11-24(3)10-13-5-6-14-15(9-13)29-8-7-28-14/h5-6,9H,4,7-8,10-11H2,1-3H3,(H,22,23,25). The van der Waals surface area contributed by atoms with Gasteiger partial charge < -0.3 is 23.6 Å². The van der Waals surface area contributed by atoms with Crippen molar-refractivity contribution < 1.29 is 23.4 Å². The number of furan rings is 1. The van der Waals surface area contributed by atoms with Crippen molar-refractivity contribution in [2.24, 2.45) is 0 Å². The van der Waals surface area contributed by atoms with Crippen molar-refractivity contribution in [2.45, 2.75) is 26.9 Å². The SMILES string of the molecule is CCOC(=O)c1c(C)oc2nc(CN(C)Cc3ccc4c(c3)OCCO4)[nH]c(=O)c12. The van der Waals surface area contributed by atoms with Crippen molar-refractivity contribution >= 4 is 17.1 Å². The molecule has 0 unspecified atom stereocenters. The Balaban J connectivity index is 1.54. The molecule has 0 spiro atoms. The summed E-state index contributed by atoms with van der Waals surface area (Å²) >= 11 is 0. The number of carbonyl (C=O) groups is 1. The van der Waals surface area contributed by atoms with Gasteiger partial charge in [-0.3, -0.25) is 9.69 Å². The van der Waals surface area contributed by atoms with Gasteiger partial charge in [-0.1, -0.05) is 6.07 Å². The lowest BCUT2D eigenvalue weighted by Crippen LogP contribution is -2.22. The molecule has 0 saturated heterocycles. The quantitative estimate of drug-likeness (QED) is 0.614. The molecule has 0 saturated carbocycles. The average Bonchev–Trinajstić information content (AvgIpc) is 3.04. The molecule has 3 heterocycles. The minimum atomic E-state index is -0.593. The normalized spacial score (nSPS) is 13.1. The molecule has 1 aliphatic rings. The third-order valence-corrected chi connectivity index (χ3v) is 4.75. The zero-order chi connectivity index (χ0) is 21.3. The molecule has 1 aromatic carbocycles. The van der Waals surface area contributed by atoms with E-state index in [1.54, 1.807) is 13.8 Å². The molecular formula is C21H23N3O6. The van der Waals surface area contributed by atoms with Crippen molar-refractivity contribution in [3.63, 3.8) is 0 Å². The minimum Gasteiger partial charge on any atom is -0.486 e. The van der Waals surface area contributed by atoms with Gasteiger partial charge in [0.15, 0.2) is 11.5 Å². The van der Waals surface area contributed by atoms with Gasteiger partial charge in [0.2, 0.25) is 5.71 Å². The molecule has 0 bridgehead atoms. The van der Waals surface area contributed by atoms with Crippen LogP contribution >= 0.6 is 0 Å². The zero-order valence-electron chi connectivity index (χ0n) is 17.1. The summed E-state index contributed by atoms with van der Waals surface area (Å²) in [7, 11) is 1.92. The molecule has 1 aliphatic heterocycles. The molecule has 0 aliphatic carbocycles. The molecule has 4 rings (SSSR count). The van der Waals surface area contributed by atoms with E-state index in [1.165, 1.54) is 0 Å². The summed E-state index contributed by atoms with van der Waals surface area (Å²) in [5.74, 6) is 1.64. The number of aromatic nitrogens is 2. The van der Waals surface area contributed by atoms with Gasteiger partial charge in [-0.15, -0.1) is 0 Å². The highest BCUT2D eigenvalue weighted by Crippen LogP contribution is 2.31. The number of rotatable bonds is 6. The Kier molecular flexibility index (Phi) is 5.45. The maximum Gasteiger partial charge on any atom is 0.342 e. The second-order valence-corrected chi connectivity index (χ2v) is 7.10. The lowest BCUT2D eigenvalue weighted by molar-refractivity contribution is 0.0526. The topological polar surface area (TPSA) is 107 Å². The Morgan fingerprint density at radius 3 is 2.77 bits per heavy atom. The molecule has 9 nitrogen and oxygen atoms in total. The smallest absolute Gasteiger partial charge is 0.342 e. The van der Waals surface area contributed by atoms with Crippen LogP contribution in [0.15, 0.2) is 27.4 Å².